The highest BCUT2D eigenvalue weighted by molar-refractivity contribution is 6.03. The van der Waals surface area contributed by atoms with Gasteiger partial charge in [0.15, 0.2) is 5.82 Å². The van der Waals surface area contributed by atoms with Crippen LogP contribution in [0.3, 0.4) is 0 Å². The molecule has 1 fully saturated rings. The van der Waals surface area contributed by atoms with Crippen LogP contribution in [0.25, 0.3) is 0 Å². The van der Waals surface area contributed by atoms with E-state index >= 15 is 0 Å². The molecule has 4 rings (SSSR count). The first-order chi connectivity index (χ1) is 13.5. The van der Waals surface area contributed by atoms with Crippen molar-refractivity contribution in [3.63, 3.8) is 0 Å². The van der Waals surface area contributed by atoms with Crippen molar-refractivity contribution < 1.29 is 9.59 Å². The molecule has 148 valence electrons. The second kappa shape index (κ2) is 7.78. The molecule has 2 aliphatic heterocycles. The van der Waals surface area contributed by atoms with E-state index in [1.165, 1.54) is 12.0 Å². The monoisotopic (exact) mass is 380 g/mol. The minimum Gasteiger partial charge on any atom is -0.337 e. The molecule has 0 unspecified atom stereocenters. The Labute approximate surface area is 165 Å². The van der Waals surface area contributed by atoms with Crippen LogP contribution in [0.5, 0.6) is 0 Å². The largest absolute Gasteiger partial charge is 0.337 e. The summed E-state index contributed by atoms with van der Waals surface area (Å²) in [4.78, 5) is 32.5. The molecule has 2 amide bonds. The zero-order valence-corrected chi connectivity index (χ0v) is 16.8. The van der Waals surface area contributed by atoms with E-state index in [2.05, 4.69) is 10.3 Å². The molecular weight excluding hydrogens is 352 g/mol. The Morgan fingerprint density at radius 1 is 0.964 bits per heavy atom. The van der Waals surface area contributed by atoms with Crippen LogP contribution >= 0.6 is 0 Å². The van der Waals surface area contributed by atoms with Crippen LogP contribution in [-0.2, 0) is 13.0 Å². The zero-order valence-electron chi connectivity index (χ0n) is 16.8. The average molecular weight is 380 g/mol. The van der Waals surface area contributed by atoms with Gasteiger partial charge in [0, 0.05) is 25.3 Å². The number of likely N-dealkylation sites (tertiary alicyclic amines) is 1. The van der Waals surface area contributed by atoms with Crippen molar-refractivity contribution in [3.05, 3.63) is 46.5 Å². The van der Waals surface area contributed by atoms with Gasteiger partial charge in [-0.1, -0.05) is 6.07 Å². The number of anilines is 1. The molecule has 1 aromatic heterocycles. The number of nitrogens with one attached hydrogen (secondary N) is 1. The van der Waals surface area contributed by atoms with Crippen molar-refractivity contribution in [2.24, 2.45) is 0 Å². The predicted octanol–water partition coefficient (Wildman–Crippen LogP) is 3.71. The minimum absolute atomic E-state index is 0.0180. The Balaban J connectivity index is 1.63. The molecule has 1 saturated heterocycles. The Hall–Kier alpha value is -2.63. The molecule has 0 bridgehead atoms. The Bertz CT molecular complexity index is 910. The molecule has 0 aliphatic carbocycles. The molecule has 0 spiro atoms. The quantitative estimate of drug-likeness (QED) is 0.883. The lowest BCUT2D eigenvalue weighted by atomic mass is 10.1. The van der Waals surface area contributed by atoms with Gasteiger partial charge in [0.05, 0.1) is 5.69 Å². The fourth-order valence-electron chi connectivity index (χ4n) is 4.14. The average Bonchev–Trinajstić information content (AvgIpc) is 3.11. The number of carbonyl (C=O) groups excluding carboxylic acids is 2. The zero-order chi connectivity index (χ0) is 19.7. The van der Waals surface area contributed by atoms with E-state index in [-0.39, 0.29) is 11.8 Å². The van der Waals surface area contributed by atoms with Crippen molar-refractivity contribution in [1.82, 2.24) is 14.5 Å². The summed E-state index contributed by atoms with van der Waals surface area (Å²) in [5.74, 6) is 0.0907. The van der Waals surface area contributed by atoms with Gasteiger partial charge >= 0.3 is 0 Å². The van der Waals surface area contributed by atoms with Gasteiger partial charge in [-0.2, -0.15) is 0 Å². The van der Waals surface area contributed by atoms with Crippen LogP contribution < -0.4 is 5.32 Å². The lowest BCUT2D eigenvalue weighted by Gasteiger charge is -2.26. The fourth-order valence-corrected chi connectivity index (χ4v) is 4.14. The molecule has 28 heavy (non-hydrogen) atoms. The van der Waals surface area contributed by atoms with Gasteiger partial charge in [-0.05, 0) is 75.6 Å². The lowest BCUT2D eigenvalue weighted by Crippen LogP contribution is -2.36. The maximum atomic E-state index is 13.1. The van der Waals surface area contributed by atoms with Crippen LogP contribution in [0.2, 0.25) is 0 Å². The molecule has 3 heterocycles. The van der Waals surface area contributed by atoms with Crippen LogP contribution in [0.1, 0.15) is 70.0 Å². The summed E-state index contributed by atoms with van der Waals surface area (Å²) in [5, 5.41) is 2.96. The molecule has 6 nitrogen and oxygen atoms in total. The highest BCUT2D eigenvalue weighted by Crippen LogP contribution is 2.24. The van der Waals surface area contributed by atoms with E-state index in [0.29, 0.717) is 11.5 Å². The molecule has 0 atom stereocenters. The highest BCUT2D eigenvalue weighted by atomic mass is 16.2. The first-order valence-corrected chi connectivity index (χ1v) is 10.3. The van der Waals surface area contributed by atoms with Gasteiger partial charge < -0.3 is 14.8 Å². The summed E-state index contributed by atoms with van der Waals surface area (Å²) < 4.78 is 1.96. The standard InChI is InChI=1S/C22H28N4O2/c1-15-9-10-17(14-16(15)2)23-21(27)20-24-19(18-8-4-7-13-26(18)20)22(28)25-11-5-3-6-12-25/h9-10,14H,3-8,11-13H2,1-2H3,(H,23,27). The van der Waals surface area contributed by atoms with Crippen LogP contribution in [-0.4, -0.2) is 39.4 Å². The summed E-state index contributed by atoms with van der Waals surface area (Å²) in [5.41, 5.74) is 4.47. The van der Waals surface area contributed by atoms with Crippen molar-refractivity contribution in [2.75, 3.05) is 18.4 Å². The molecule has 2 aromatic rings. The number of aromatic nitrogens is 2. The first kappa shape index (κ1) is 18.7. The lowest BCUT2D eigenvalue weighted by molar-refractivity contribution is 0.0717. The topological polar surface area (TPSA) is 67.2 Å². The Morgan fingerprint density at radius 3 is 2.46 bits per heavy atom. The second-order valence-electron chi connectivity index (χ2n) is 7.95. The van der Waals surface area contributed by atoms with Crippen LogP contribution in [0, 0.1) is 13.8 Å². The number of piperidine rings is 1. The van der Waals surface area contributed by atoms with Gasteiger partial charge in [-0.25, -0.2) is 4.98 Å². The number of carbonyl (C=O) groups is 2. The molecule has 1 aromatic carbocycles. The number of fused-ring (bicyclic) bond motifs is 1. The summed E-state index contributed by atoms with van der Waals surface area (Å²) in [7, 11) is 0. The second-order valence-corrected chi connectivity index (χ2v) is 7.95. The van der Waals surface area contributed by atoms with E-state index in [1.54, 1.807) is 0 Å². The van der Waals surface area contributed by atoms with Gasteiger partial charge in [-0.3, -0.25) is 9.59 Å². The normalized spacial score (nSPS) is 16.6. The number of aryl methyl sites for hydroxylation is 2. The van der Waals surface area contributed by atoms with Crippen LogP contribution in [0.4, 0.5) is 5.69 Å². The number of amides is 2. The van der Waals surface area contributed by atoms with E-state index in [1.807, 2.05) is 41.5 Å². The number of nitrogens with zero attached hydrogens (tertiary/aromatic N) is 3. The van der Waals surface area contributed by atoms with E-state index in [9.17, 15) is 9.59 Å². The molecule has 1 N–H and O–H groups in total. The SMILES string of the molecule is Cc1ccc(NC(=O)c2nc(C(=O)N3CCCCC3)c3n2CCCC3)cc1C. The number of benzene rings is 1. The number of hydrogen-bond acceptors (Lipinski definition) is 3. The summed E-state index contributed by atoms with van der Waals surface area (Å²) in [6, 6.07) is 5.87. The number of rotatable bonds is 3. The smallest absolute Gasteiger partial charge is 0.291 e. The molecule has 2 aliphatic rings. The molecule has 0 saturated carbocycles. The van der Waals surface area contributed by atoms with Crippen molar-refractivity contribution in [1.29, 1.82) is 0 Å². The summed E-state index contributed by atoms with van der Waals surface area (Å²) >= 11 is 0. The molecule has 0 radical (unpaired) electrons. The van der Waals surface area contributed by atoms with Crippen molar-refractivity contribution in [3.8, 4) is 0 Å². The van der Waals surface area contributed by atoms with E-state index in [4.69, 9.17) is 0 Å². The highest BCUT2D eigenvalue weighted by Gasteiger charge is 2.30. The molecular formula is C22H28N4O2. The van der Waals surface area contributed by atoms with E-state index in [0.717, 1.165) is 68.7 Å². The third-order valence-electron chi connectivity index (χ3n) is 5.93. The van der Waals surface area contributed by atoms with Gasteiger partial charge in [0.1, 0.15) is 5.69 Å². The summed E-state index contributed by atoms with van der Waals surface area (Å²) in [6.45, 7) is 6.39. The van der Waals surface area contributed by atoms with Gasteiger partial charge in [0.2, 0.25) is 0 Å². The third kappa shape index (κ3) is 3.55. The van der Waals surface area contributed by atoms with E-state index < -0.39 is 0 Å². The van der Waals surface area contributed by atoms with Crippen molar-refractivity contribution in [2.45, 2.75) is 58.9 Å². The van der Waals surface area contributed by atoms with Gasteiger partial charge in [0.25, 0.3) is 11.8 Å². The Kier molecular flexibility index (Phi) is 5.20. The third-order valence-corrected chi connectivity index (χ3v) is 5.93. The minimum atomic E-state index is -0.246. The van der Waals surface area contributed by atoms with Crippen LogP contribution in [0.15, 0.2) is 18.2 Å². The fraction of sp³-hybridized carbons (Fsp3) is 0.500. The maximum Gasteiger partial charge on any atom is 0.291 e. The number of imidazole rings is 1. The Morgan fingerprint density at radius 2 is 1.71 bits per heavy atom. The number of hydrogen-bond donors (Lipinski definition) is 1. The first-order valence-electron chi connectivity index (χ1n) is 10.3. The van der Waals surface area contributed by atoms with Gasteiger partial charge in [-0.15, -0.1) is 0 Å². The van der Waals surface area contributed by atoms with Crippen molar-refractivity contribution >= 4 is 17.5 Å². The predicted molar refractivity (Wildman–Crippen MR) is 109 cm³/mol. The summed E-state index contributed by atoms with van der Waals surface area (Å²) in [6.07, 6.45) is 6.10. The maximum absolute atomic E-state index is 13.1. The molecule has 6 heteroatoms.